The van der Waals surface area contributed by atoms with Gasteiger partial charge in [0, 0.05) is 12.1 Å². The summed E-state index contributed by atoms with van der Waals surface area (Å²) in [5.41, 5.74) is 0.419. The second kappa shape index (κ2) is 8.42. The predicted octanol–water partition coefficient (Wildman–Crippen LogP) is 1.44. The maximum Gasteiger partial charge on any atom is 0.573 e. The number of amides is 1. The second-order valence-corrected chi connectivity index (χ2v) is 7.95. The summed E-state index contributed by atoms with van der Waals surface area (Å²) in [5.74, 6) is -1.98. The number of ether oxygens (including phenoxy) is 2. The van der Waals surface area contributed by atoms with Gasteiger partial charge in [-0.05, 0) is 30.2 Å². The first-order valence-corrected chi connectivity index (χ1v) is 9.55. The number of carbonyl (C=O) groups excluding carboxylic acids is 2. The molecule has 1 aromatic rings. The lowest BCUT2D eigenvalue weighted by Crippen LogP contribution is -2.38. The molecule has 1 aliphatic heterocycles. The van der Waals surface area contributed by atoms with Crippen LogP contribution in [-0.4, -0.2) is 50.8 Å². The minimum absolute atomic E-state index is 0.00721. The Morgan fingerprint density at radius 2 is 1.89 bits per heavy atom. The van der Waals surface area contributed by atoms with Crippen LogP contribution in [0.4, 0.5) is 13.2 Å². The normalized spacial score (nSPS) is 19.0. The van der Waals surface area contributed by atoms with Crippen molar-refractivity contribution in [1.29, 1.82) is 0 Å². The lowest BCUT2D eigenvalue weighted by atomic mass is 10.2. The van der Waals surface area contributed by atoms with E-state index in [0.29, 0.717) is 12.0 Å². The maximum absolute atomic E-state index is 12.1. The van der Waals surface area contributed by atoms with Crippen molar-refractivity contribution in [2.24, 2.45) is 0 Å². The molecule has 27 heavy (non-hydrogen) atoms. The van der Waals surface area contributed by atoms with Gasteiger partial charge in [0.05, 0.1) is 11.5 Å². The third-order valence-corrected chi connectivity index (χ3v) is 5.24. The number of sulfone groups is 1. The minimum Gasteiger partial charge on any atom is -0.452 e. The van der Waals surface area contributed by atoms with Crippen LogP contribution in [0.2, 0.25) is 0 Å². The van der Waals surface area contributed by atoms with Gasteiger partial charge in [-0.1, -0.05) is 12.1 Å². The van der Waals surface area contributed by atoms with Crippen molar-refractivity contribution in [3.63, 3.8) is 0 Å². The predicted molar refractivity (Wildman–Crippen MR) is 88.3 cm³/mol. The lowest BCUT2D eigenvalue weighted by molar-refractivity contribution is -0.274. The van der Waals surface area contributed by atoms with Gasteiger partial charge in [-0.3, -0.25) is 4.79 Å². The zero-order valence-electron chi connectivity index (χ0n) is 13.9. The molecule has 0 aromatic heterocycles. The molecular formula is C16H16F3NO6S. The number of halogens is 3. The molecule has 1 saturated heterocycles. The summed E-state index contributed by atoms with van der Waals surface area (Å²) in [5, 5.41) is 2.46. The highest BCUT2D eigenvalue weighted by Crippen LogP contribution is 2.23. The average Bonchev–Trinajstić information content (AvgIpc) is 2.89. The van der Waals surface area contributed by atoms with Crippen LogP contribution in [0.15, 0.2) is 30.3 Å². The first kappa shape index (κ1) is 20.7. The van der Waals surface area contributed by atoms with Crippen molar-refractivity contribution in [3.8, 4) is 5.75 Å². The fraction of sp³-hybridized carbons (Fsp3) is 0.375. The highest BCUT2D eigenvalue weighted by atomic mass is 32.2. The number of hydrogen-bond donors (Lipinski definition) is 1. The van der Waals surface area contributed by atoms with E-state index in [0.717, 1.165) is 18.2 Å². The molecule has 148 valence electrons. The van der Waals surface area contributed by atoms with Crippen LogP contribution in [0.1, 0.15) is 12.0 Å². The van der Waals surface area contributed by atoms with Crippen LogP contribution in [-0.2, 0) is 24.2 Å². The molecule has 1 amide bonds. The molecule has 1 atom stereocenters. The summed E-state index contributed by atoms with van der Waals surface area (Å²) < 4.78 is 67.2. The maximum atomic E-state index is 12.1. The zero-order valence-corrected chi connectivity index (χ0v) is 14.7. The quantitative estimate of drug-likeness (QED) is 0.566. The van der Waals surface area contributed by atoms with E-state index in [2.05, 4.69) is 10.1 Å². The molecule has 0 unspecified atom stereocenters. The van der Waals surface area contributed by atoms with Gasteiger partial charge in [0.25, 0.3) is 5.91 Å². The largest absolute Gasteiger partial charge is 0.573 e. The summed E-state index contributed by atoms with van der Waals surface area (Å²) in [6, 6.07) is 4.29. The number of alkyl halides is 3. The highest BCUT2D eigenvalue weighted by molar-refractivity contribution is 7.91. The molecule has 1 aromatic carbocycles. The molecular weight excluding hydrogens is 391 g/mol. The number of nitrogens with one attached hydrogen (secondary N) is 1. The Balaban J connectivity index is 1.75. The van der Waals surface area contributed by atoms with Gasteiger partial charge in [-0.2, -0.15) is 0 Å². The van der Waals surface area contributed by atoms with Crippen LogP contribution in [0.3, 0.4) is 0 Å². The van der Waals surface area contributed by atoms with Gasteiger partial charge in [-0.15, -0.1) is 13.2 Å². The van der Waals surface area contributed by atoms with Crippen molar-refractivity contribution in [2.45, 2.75) is 18.8 Å². The fourth-order valence-electron chi connectivity index (χ4n) is 2.31. The Hall–Kier alpha value is -2.56. The SMILES string of the molecule is O=C(COC(=O)/C=C/c1ccc(OC(F)(F)F)cc1)N[C@H]1CCS(=O)(=O)C1. The smallest absolute Gasteiger partial charge is 0.452 e. The first-order valence-electron chi connectivity index (χ1n) is 7.73. The molecule has 0 saturated carbocycles. The van der Waals surface area contributed by atoms with E-state index in [1.165, 1.54) is 18.2 Å². The number of carbonyl (C=O) groups is 2. The van der Waals surface area contributed by atoms with E-state index >= 15 is 0 Å². The van der Waals surface area contributed by atoms with Crippen LogP contribution in [0.25, 0.3) is 6.08 Å². The standard InChI is InChI=1S/C16H16F3NO6S/c17-16(18,19)26-13-4-1-11(2-5-13)3-6-15(22)25-9-14(21)20-12-7-8-27(23,24)10-12/h1-6,12H,7-10H2,(H,20,21)/b6-3+/t12-/m0/s1. The number of hydrogen-bond acceptors (Lipinski definition) is 6. The molecule has 1 heterocycles. The number of rotatable bonds is 6. The third-order valence-electron chi connectivity index (χ3n) is 3.47. The Morgan fingerprint density at radius 1 is 1.22 bits per heavy atom. The van der Waals surface area contributed by atoms with Crippen molar-refractivity contribution in [1.82, 2.24) is 5.32 Å². The van der Waals surface area contributed by atoms with Gasteiger partial charge >= 0.3 is 12.3 Å². The van der Waals surface area contributed by atoms with E-state index in [1.807, 2.05) is 0 Å². The summed E-state index contributed by atoms with van der Waals surface area (Å²) in [6.07, 6.45) is -2.17. The van der Waals surface area contributed by atoms with Crippen molar-refractivity contribution in [2.75, 3.05) is 18.1 Å². The Morgan fingerprint density at radius 3 is 2.44 bits per heavy atom. The molecule has 2 rings (SSSR count). The summed E-state index contributed by atoms with van der Waals surface area (Å²) in [4.78, 5) is 23.2. The number of benzene rings is 1. The van der Waals surface area contributed by atoms with Crippen molar-refractivity contribution >= 4 is 27.8 Å². The summed E-state index contributed by atoms with van der Waals surface area (Å²) in [6.45, 7) is -0.571. The van der Waals surface area contributed by atoms with Crippen molar-refractivity contribution in [3.05, 3.63) is 35.9 Å². The third kappa shape index (κ3) is 7.69. The van der Waals surface area contributed by atoms with E-state index < -0.39 is 46.5 Å². The Kier molecular flexibility index (Phi) is 6.47. The van der Waals surface area contributed by atoms with E-state index in [4.69, 9.17) is 4.74 Å². The van der Waals surface area contributed by atoms with Gasteiger partial charge in [-0.25, -0.2) is 13.2 Å². The topological polar surface area (TPSA) is 98.8 Å². The van der Waals surface area contributed by atoms with E-state index in [-0.39, 0.29) is 11.5 Å². The van der Waals surface area contributed by atoms with Crippen LogP contribution in [0.5, 0.6) is 5.75 Å². The van der Waals surface area contributed by atoms with Gasteiger partial charge < -0.3 is 14.8 Å². The molecule has 0 radical (unpaired) electrons. The van der Waals surface area contributed by atoms with Gasteiger partial charge in [0.15, 0.2) is 16.4 Å². The Labute approximate surface area is 153 Å². The van der Waals surface area contributed by atoms with Gasteiger partial charge in [0.1, 0.15) is 5.75 Å². The van der Waals surface area contributed by atoms with Crippen molar-refractivity contribution < 1.29 is 40.7 Å². The second-order valence-electron chi connectivity index (χ2n) is 5.73. The lowest BCUT2D eigenvalue weighted by Gasteiger charge is -2.10. The number of esters is 1. The van der Waals surface area contributed by atoms with Gasteiger partial charge in [0.2, 0.25) is 0 Å². The molecule has 1 fully saturated rings. The van der Waals surface area contributed by atoms with Crippen LogP contribution < -0.4 is 10.1 Å². The fourth-order valence-corrected chi connectivity index (χ4v) is 3.98. The summed E-state index contributed by atoms with van der Waals surface area (Å²) in [7, 11) is -3.13. The highest BCUT2D eigenvalue weighted by Gasteiger charge is 2.31. The molecule has 1 aliphatic rings. The van der Waals surface area contributed by atoms with Crippen LogP contribution in [0, 0.1) is 0 Å². The molecule has 11 heteroatoms. The van der Waals surface area contributed by atoms with E-state index in [1.54, 1.807) is 0 Å². The van der Waals surface area contributed by atoms with E-state index in [9.17, 15) is 31.2 Å². The first-order chi connectivity index (χ1) is 12.5. The molecule has 0 bridgehead atoms. The molecule has 7 nitrogen and oxygen atoms in total. The Bertz CT molecular complexity index is 818. The molecule has 0 aliphatic carbocycles. The zero-order chi connectivity index (χ0) is 20.1. The summed E-state index contributed by atoms with van der Waals surface area (Å²) >= 11 is 0. The minimum atomic E-state index is -4.79. The molecule has 0 spiro atoms. The monoisotopic (exact) mass is 407 g/mol. The molecule has 1 N–H and O–H groups in total. The van der Waals surface area contributed by atoms with Crippen LogP contribution >= 0.6 is 0 Å². The average molecular weight is 407 g/mol.